The van der Waals surface area contributed by atoms with Gasteiger partial charge < -0.3 is 4.79 Å². The van der Waals surface area contributed by atoms with E-state index in [2.05, 4.69) is 10.9 Å². The predicted molar refractivity (Wildman–Crippen MR) is 165 cm³/mol. The van der Waals surface area contributed by atoms with Crippen LogP contribution in [0.25, 0.3) is 37.2 Å². The second kappa shape index (κ2) is 12.5. The average molecular weight is 557 g/mol. The summed E-state index contributed by atoms with van der Waals surface area (Å²) in [5, 5.41) is 15.7. The minimum absolute atomic E-state index is 0.138. The van der Waals surface area contributed by atoms with E-state index in [0.717, 1.165) is 42.4 Å². The first-order valence-electron chi connectivity index (χ1n) is 12.8. The van der Waals surface area contributed by atoms with Crippen LogP contribution in [0.1, 0.15) is 35.1 Å². The molecule has 0 saturated carbocycles. The van der Waals surface area contributed by atoms with Crippen LogP contribution in [0.5, 0.6) is 0 Å². The zero-order chi connectivity index (χ0) is 27.9. The molecule has 3 aromatic carbocycles. The highest BCUT2D eigenvalue weighted by molar-refractivity contribution is 7.17. The molecule has 0 aliphatic heterocycles. The molecule has 0 unspecified atom stereocenters. The van der Waals surface area contributed by atoms with E-state index in [1.165, 1.54) is 0 Å². The third-order valence-corrected chi connectivity index (χ3v) is 8.68. The molecule has 0 bridgehead atoms. The lowest BCUT2D eigenvalue weighted by Gasteiger charge is -2.06. The molecular formula is C34H24N2O2S2. The van der Waals surface area contributed by atoms with Crippen LogP contribution in [0.2, 0.25) is 0 Å². The molecule has 6 heteroatoms. The molecule has 0 amide bonds. The molecule has 0 aliphatic carbocycles. The van der Waals surface area contributed by atoms with Crippen molar-refractivity contribution in [2.75, 3.05) is 0 Å². The van der Waals surface area contributed by atoms with Crippen LogP contribution >= 0.6 is 22.7 Å². The molecule has 2 aromatic heterocycles. The fourth-order valence-corrected chi connectivity index (χ4v) is 6.43. The summed E-state index contributed by atoms with van der Waals surface area (Å²) in [6.07, 6.45) is 4.84. The lowest BCUT2D eigenvalue weighted by atomic mass is 9.98. The molecule has 0 N–H and O–H groups in total. The van der Waals surface area contributed by atoms with Crippen LogP contribution < -0.4 is 0 Å². The number of carbonyl (C=O) groups excluding carboxylic acids is 2. The van der Waals surface area contributed by atoms with Gasteiger partial charge in [0.2, 0.25) is 5.70 Å². The molecule has 0 atom stereocenters. The first-order valence-corrected chi connectivity index (χ1v) is 14.6. The van der Waals surface area contributed by atoms with Crippen molar-refractivity contribution in [3.63, 3.8) is 0 Å². The number of aryl methyl sites for hydroxylation is 2. The van der Waals surface area contributed by atoms with E-state index in [-0.39, 0.29) is 35.7 Å². The Hall–Kier alpha value is -4.62. The van der Waals surface area contributed by atoms with Gasteiger partial charge in [0.1, 0.15) is 6.07 Å². The number of fused-ring (bicyclic) bond motifs is 2. The Morgan fingerprint density at radius 2 is 1.32 bits per heavy atom. The van der Waals surface area contributed by atoms with Gasteiger partial charge in [-0.2, -0.15) is 5.26 Å². The Bertz CT molecular complexity index is 1740. The Morgan fingerprint density at radius 1 is 0.775 bits per heavy atom. The summed E-state index contributed by atoms with van der Waals surface area (Å²) in [7, 11) is 0. The minimum atomic E-state index is -0.189. The summed E-state index contributed by atoms with van der Waals surface area (Å²) in [6.45, 7) is 7.55. The van der Waals surface area contributed by atoms with Gasteiger partial charge in [-0.15, -0.1) is 22.7 Å². The number of benzene rings is 3. The zero-order valence-electron chi connectivity index (χ0n) is 21.6. The normalized spacial score (nSPS) is 11.8. The average Bonchev–Trinajstić information content (AvgIpc) is 3.60. The number of Topliss-reactive ketones (excluding diaryl/α,β-unsaturated/α-hetero) is 2. The Kier molecular flexibility index (Phi) is 8.42. The van der Waals surface area contributed by atoms with Crippen molar-refractivity contribution in [2.24, 2.45) is 0 Å². The highest BCUT2D eigenvalue weighted by Gasteiger charge is 2.14. The topological polar surface area (TPSA) is 62.3 Å². The number of ketones is 2. The smallest absolute Gasteiger partial charge is 0.229 e. The molecule has 40 heavy (non-hydrogen) atoms. The van der Waals surface area contributed by atoms with Crippen molar-refractivity contribution in [1.82, 2.24) is 0 Å². The third kappa shape index (κ3) is 6.16. The van der Waals surface area contributed by atoms with E-state index in [4.69, 9.17) is 6.57 Å². The predicted octanol–water partition coefficient (Wildman–Crippen LogP) is 8.69. The molecular weight excluding hydrogens is 533 g/mol. The van der Waals surface area contributed by atoms with Crippen LogP contribution in [0.15, 0.2) is 94.8 Å². The van der Waals surface area contributed by atoms with E-state index >= 15 is 0 Å². The standard InChI is InChI=1S/C34H24N2O2S2/c1-36-30(19-27-22-40-34-12-5-3-10-29(27)34)32(38)16-14-24-8-6-7-23(17-24)13-15-31(37)25(20-35)18-26-21-39-33-11-4-2-9-28(26)33/h2-12,17-19,21-22H,13-16H2/b25-18+,30-19-. The summed E-state index contributed by atoms with van der Waals surface area (Å²) < 4.78 is 2.24. The summed E-state index contributed by atoms with van der Waals surface area (Å²) in [4.78, 5) is 29.2. The number of nitrogens with zero attached hydrogens (tertiary/aromatic N) is 2. The number of nitriles is 1. The largest absolute Gasteiger partial charge is 0.308 e. The highest BCUT2D eigenvalue weighted by atomic mass is 32.1. The second-order valence-electron chi connectivity index (χ2n) is 9.35. The fourth-order valence-electron chi connectivity index (χ4n) is 4.59. The van der Waals surface area contributed by atoms with E-state index in [1.807, 2.05) is 83.6 Å². The Morgan fingerprint density at radius 3 is 1.90 bits per heavy atom. The molecule has 194 valence electrons. The van der Waals surface area contributed by atoms with Gasteiger partial charge in [0.15, 0.2) is 11.6 Å². The first kappa shape index (κ1) is 27.0. The Balaban J connectivity index is 1.21. The number of hydrogen-bond acceptors (Lipinski definition) is 5. The van der Waals surface area contributed by atoms with Gasteiger partial charge in [0.05, 0.1) is 12.1 Å². The van der Waals surface area contributed by atoms with Gasteiger partial charge in [-0.1, -0.05) is 60.7 Å². The maximum atomic E-state index is 12.9. The van der Waals surface area contributed by atoms with Gasteiger partial charge in [-0.05, 0) is 80.9 Å². The second-order valence-corrected chi connectivity index (χ2v) is 11.2. The molecule has 5 aromatic rings. The molecule has 0 aliphatic rings. The quantitative estimate of drug-likeness (QED) is 0.0982. The van der Waals surface area contributed by atoms with Gasteiger partial charge in [0, 0.05) is 22.2 Å². The monoisotopic (exact) mass is 556 g/mol. The van der Waals surface area contributed by atoms with Gasteiger partial charge in [-0.25, -0.2) is 4.85 Å². The number of rotatable bonds is 10. The van der Waals surface area contributed by atoms with Crippen molar-refractivity contribution in [2.45, 2.75) is 25.7 Å². The van der Waals surface area contributed by atoms with Crippen LogP contribution in [0, 0.1) is 17.9 Å². The zero-order valence-corrected chi connectivity index (χ0v) is 23.2. The Labute approximate surface area is 241 Å². The van der Waals surface area contributed by atoms with E-state index < -0.39 is 0 Å². The van der Waals surface area contributed by atoms with E-state index in [9.17, 15) is 14.9 Å². The molecule has 2 heterocycles. The minimum Gasteiger partial charge on any atom is -0.308 e. The molecule has 0 fully saturated rings. The number of hydrogen-bond donors (Lipinski definition) is 0. The van der Waals surface area contributed by atoms with Crippen LogP contribution in [-0.2, 0) is 22.4 Å². The lowest BCUT2D eigenvalue weighted by Crippen LogP contribution is -2.04. The van der Waals surface area contributed by atoms with Crippen LogP contribution in [-0.4, -0.2) is 11.6 Å². The summed E-state index contributed by atoms with van der Waals surface area (Å²) in [6, 6.07) is 25.8. The molecule has 4 nitrogen and oxygen atoms in total. The number of carbonyl (C=O) groups is 2. The fraction of sp³-hybridized carbons (Fsp3) is 0.118. The van der Waals surface area contributed by atoms with Gasteiger partial charge in [-0.3, -0.25) is 4.79 Å². The summed E-state index contributed by atoms with van der Waals surface area (Å²) in [5.74, 6) is -0.373. The number of thiophene rings is 2. The first-order chi connectivity index (χ1) is 19.6. The van der Waals surface area contributed by atoms with Gasteiger partial charge in [0.25, 0.3) is 0 Å². The number of allylic oxidation sites excluding steroid dienone is 2. The molecule has 0 radical (unpaired) electrons. The van der Waals surface area contributed by atoms with E-state index in [0.29, 0.717) is 12.8 Å². The lowest BCUT2D eigenvalue weighted by molar-refractivity contribution is -0.115. The maximum Gasteiger partial charge on any atom is 0.229 e. The SMILES string of the molecule is [C-]#[N+]/C(=C\c1csc2ccccc12)C(=O)CCc1cccc(CCC(=O)/C(C#N)=C/c2csc3ccccc23)c1. The van der Waals surface area contributed by atoms with Crippen LogP contribution in [0.4, 0.5) is 0 Å². The van der Waals surface area contributed by atoms with Crippen LogP contribution in [0.3, 0.4) is 0 Å². The summed E-state index contributed by atoms with van der Waals surface area (Å²) in [5.41, 5.74) is 4.02. The highest BCUT2D eigenvalue weighted by Crippen LogP contribution is 2.29. The molecule has 0 saturated heterocycles. The van der Waals surface area contributed by atoms with Crippen molar-refractivity contribution in [3.8, 4) is 6.07 Å². The van der Waals surface area contributed by atoms with Crippen molar-refractivity contribution in [3.05, 3.63) is 128 Å². The van der Waals surface area contributed by atoms with Gasteiger partial charge >= 0.3 is 0 Å². The van der Waals surface area contributed by atoms with Crippen molar-refractivity contribution in [1.29, 1.82) is 5.26 Å². The third-order valence-electron chi connectivity index (χ3n) is 6.71. The molecule has 0 spiro atoms. The maximum absolute atomic E-state index is 12.9. The van der Waals surface area contributed by atoms with E-state index in [1.54, 1.807) is 34.8 Å². The summed E-state index contributed by atoms with van der Waals surface area (Å²) >= 11 is 3.19. The van der Waals surface area contributed by atoms with Crippen molar-refractivity contribution < 1.29 is 9.59 Å². The molecule has 5 rings (SSSR count). The van der Waals surface area contributed by atoms with Crippen molar-refractivity contribution >= 4 is 66.6 Å².